The van der Waals surface area contributed by atoms with E-state index in [1.165, 1.54) is 12.1 Å². The van der Waals surface area contributed by atoms with Crippen LogP contribution in [0, 0.1) is 5.82 Å². The predicted octanol–water partition coefficient (Wildman–Crippen LogP) is 3.25. The molecule has 21 heavy (non-hydrogen) atoms. The molecule has 0 aliphatic rings. The number of benzene rings is 2. The first-order valence-corrected chi connectivity index (χ1v) is 6.76. The molecule has 2 aromatic rings. The van der Waals surface area contributed by atoms with Gasteiger partial charge in [-0.3, -0.25) is 4.79 Å². The molecule has 0 aromatic heterocycles. The number of hydrogen-bond acceptors (Lipinski definition) is 2. The Hall–Kier alpha value is -2.36. The fraction of sp³-hybridized carbons (Fsp3) is 0.235. The summed E-state index contributed by atoms with van der Waals surface area (Å²) in [6, 6.07) is 13.4. The SMILES string of the molecule is COc1ccc([C@@H](C)NC(=O)Cc2ccc(F)cc2)cc1. The quantitative estimate of drug-likeness (QED) is 0.916. The van der Waals surface area contributed by atoms with Gasteiger partial charge in [0.25, 0.3) is 0 Å². The van der Waals surface area contributed by atoms with Crippen molar-refractivity contribution < 1.29 is 13.9 Å². The molecule has 1 amide bonds. The molecule has 0 bridgehead atoms. The Morgan fingerprint density at radius 3 is 2.33 bits per heavy atom. The smallest absolute Gasteiger partial charge is 0.224 e. The van der Waals surface area contributed by atoms with Crippen LogP contribution in [-0.2, 0) is 11.2 Å². The summed E-state index contributed by atoms with van der Waals surface area (Å²) < 4.78 is 17.9. The van der Waals surface area contributed by atoms with Crippen LogP contribution in [0.5, 0.6) is 5.75 Å². The summed E-state index contributed by atoms with van der Waals surface area (Å²) in [5, 5.41) is 2.92. The van der Waals surface area contributed by atoms with Gasteiger partial charge in [0.1, 0.15) is 11.6 Å². The Labute approximate surface area is 123 Å². The molecule has 1 atom stereocenters. The summed E-state index contributed by atoms with van der Waals surface area (Å²) in [4.78, 5) is 12.0. The molecule has 0 radical (unpaired) electrons. The molecule has 0 unspecified atom stereocenters. The third-order valence-corrected chi connectivity index (χ3v) is 3.27. The van der Waals surface area contributed by atoms with Gasteiger partial charge in [-0.15, -0.1) is 0 Å². The Morgan fingerprint density at radius 2 is 1.76 bits per heavy atom. The fourth-order valence-electron chi connectivity index (χ4n) is 2.06. The largest absolute Gasteiger partial charge is 0.497 e. The molecule has 0 aliphatic heterocycles. The molecule has 1 N–H and O–H groups in total. The van der Waals surface area contributed by atoms with Gasteiger partial charge in [0, 0.05) is 0 Å². The summed E-state index contributed by atoms with van der Waals surface area (Å²) in [6.07, 6.45) is 0.237. The lowest BCUT2D eigenvalue weighted by Crippen LogP contribution is -2.28. The van der Waals surface area contributed by atoms with Gasteiger partial charge < -0.3 is 10.1 Å². The van der Waals surface area contributed by atoms with E-state index in [9.17, 15) is 9.18 Å². The predicted molar refractivity (Wildman–Crippen MR) is 79.7 cm³/mol. The Kier molecular flexibility index (Phi) is 4.93. The number of hydrogen-bond donors (Lipinski definition) is 1. The van der Waals surface area contributed by atoms with E-state index < -0.39 is 0 Å². The maximum Gasteiger partial charge on any atom is 0.224 e. The summed E-state index contributed by atoms with van der Waals surface area (Å²) in [5.41, 5.74) is 1.79. The number of ether oxygens (including phenoxy) is 1. The van der Waals surface area contributed by atoms with Crippen LogP contribution >= 0.6 is 0 Å². The van der Waals surface area contributed by atoms with Crippen LogP contribution in [-0.4, -0.2) is 13.0 Å². The lowest BCUT2D eigenvalue weighted by molar-refractivity contribution is -0.121. The van der Waals surface area contributed by atoms with E-state index in [2.05, 4.69) is 5.32 Å². The minimum atomic E-state index is -0.300. The van der Waals surface area contributed by atoms with Crippen LogP contribution in [0.15, 0.2) is 48.5 Å². The summed E-state index contributed by atoms with van der Waals surface area (Å²) in [7, 11) is 1.61. The van der Waals surface area contributed by atoms with Crippen LogP contribution in [0.4, 0.5) is 4.39 Å². The average Bonchev–Trinajstić information content (AvgIpc) is 2.49. The number of methoxy groups -OCH3 is 1. The highest BCUT2D eigenvalue weighted by atomic mass is 19.1. The van der Waals surface area contributed by atoms with Crippen LogP contribution in [0.3, 0.4) is 0 Å². The van der Waals surface area contributed by atoms with Gasteiger partial charge in [-0.1, -0.05) is 24.3 Å². The van der Waals surface area contributed by atoms with E-state index in [0.717, 1.165) is 16.9 Å². The molecule has 0 aliphatic carbocycles. The van der Waals surface area contributed by atoms with Crippen molar-refractivity contribution in [2.75, 3.05) is 7.11 Å². The third-order valence-electron chi connectivity index (χ3n) is 3.27. The van der Waals surface area contributed by atoms with E-state index in [-0.39, 0.29) is 24.2 Å². The Balaban J connectivity index is 1.93. The standard InChI is InChI=1S/C17H18FNO2/c1-12(14-5-9-16(21-2)10-6-14)19-17(20)11-13-3-7-15(18)8-4-13/h3-10,12H,11H2,1-2H3,(H,19,20)/t12-/m1/s1. The minimum absolute atomic E-state index is 0.0927. The van der Waals surface area contributed by atoms with Crippen LogP contribution in [0.2, 0.25) is 0 Å². The summed E-state index contributed by atoms with van der Waals surface area (Å²) in [5.74, 6) is 0.388. The van der Waals surface area contributed by atoms with E-state index in [1.54, 1.807) is 19.2 Å². The molecule has 0 saturated carbocycles. The first-order chi connectivity index (χ1) is 10.1. The number of halogens is 1. The number of rotatable bonds is 5. The lowest BCUT2D eigenvalue weighted by atomic mass is 10.1. The van der Waals surface area contributed by atoms with Gasteiger partial charge in [0.15, 0.2) is 0 Å². The van der Waals surface area contributed by atoms with Gasteiger partial charge in [-0.05, 0) is 42.3 Å². The number of carbonyl (C=O) groups excluding carboxylic acids is 1. The molecule has 0 fully saturated rings. The highest BCUT2D eigenvalue weighted by Gasteiger charge is 2.10. The topological polar surface area (TPSA) is 38.3 Å². The van der Waals surface area contributed by atoms with Crippen LogP contribution < -0.4 is 10.1 Å². The molecule has 0 spiro atoms. The molecule has 110 valence electrons. The Bertz CT molecular complexity index is 593. The molecule has 0 saturated heterocycles. The van der Waals surface area contributed by atoms with Gasteiger partial charge >= 0.3 is 0 Å². The van der Waals surface area contributed by atoms with Crippen molar-refractivity contribution in [2.45, 2.75) is 19.4 Å². The zero-order chi connectivity index (χ0) is 15.2. The number of nitrogens with one attached hydrogen (secondary N) is 1. The second-order valence-corrected chi connectivity index (χ2v) is 4.87. The van der Waals surface area contributed by atoms with Gasteiger partial charge in [-0.25, -0.2) is 4.39 Å². The molecular weight excluding hydrogens is 269 g/mol. The van der Waals surface area contributed by atoms with Gasteiger partial charge in [0.2, 0.25) is 5.91 Å². The first-order valence-electron chi connectivity index (χ1n) is 6.76. The molecule has 2 rings (SSSR count). The van der Waals surface area contributed by atoms with Crippen molar-refractivity contribution in [1.82, 2.24) is 5.32 Å². The minimum Gasteiger partial charge on any atom is -0.497 e. The van der Waals surface area contributed by atoms with Gasteiger partial charge in [-0.2, -0.15) is 0 Å². The number of amides is 1. The van der Waals surface area contributed by atoms with Crippen molar-refractivity contribution in [3.8, 4) is 5.75 Å². The van der Waals surface area contributed by atoms with Crippen LogP contribution in [0.1, 0.15) is 24.1 Å². The molecule has 4 heteroatoms. The molecule has 3 nitrogen and oxygen atoms in total. The zero-order valence-electron chi connectivity index (χ0n) is 12.1. The molecule has 0 heterocycles. The summed E-state index contributed by atoms with van der Waals surface area (Å²) in [6.45, 7) is 1.92. The molecule has 2 aromatic carbocycles. The lowest BCUT2D eigenvalue weighted by Gasteiger charge is -2.15. The maximum absolute atomic E-state index is 12.8. The average molecular weight is 287 g/mol. The highest BCUT2D eigenvalue weighted by Crippen LogP contribution is 2.17. The molecular formula is C17H18FNO2. The highest BCUT2D eigenvalue weighted by molar-refractivity contribution is 5.79. The van der Waals surface area contributed by atoms with E-state index >= 15 is 0 Å². The second-order valence-electron chi connectivity index (χ2n) is 4.87. The first kappa shape index (κ1) is 15.0. The maximum atomic E-state index is 12.8. The zero-order valence-corrected chi connectivity index (χ0v) is 12.1. The van der Waals surface area contributed by atoms with E-state index in [1.807, 2.05) is 31.2 Å². The fourth-order valence-corrected chi connectivity index (χ4v) is 2.06. The van der Waals surface area contributed by atoms with Gasteiger partial charge in [0.05, 0.1) is 19.6 Å². The summed E-state index contributed by atoms with van der Waals surface area (Å²) >= 11 is 0. The Morgan fingerprint density at radius 1 is 1.14 bits per heavy atom. The van der Waals surface area contributed by atoms with Crippen LogP contribution in [0.25, 0.3) is 0 Å². The van der Waals surface area contributed by atoms with E-state index in [0.29, 0.717) is 0 Å². The monoisotopic (exact) mass is 287 g/mol. The third kappa shape index (κ3) is 4.31. The van der Waals surface area contributed by atoms with Crippen molar-refractivity contribution in [1.29, 1.82) is 0 Å². The van der Waals surface area contributed by atoms with Crippen molar-refractivity contribution in [3.63, 3.8) is 0 Å². The van der Waals surface area contributed by atoms with Crippen molar-refractivity contribution in [2.24, 2.45) is 0 Å². The van der Waals surface area contributed by atoms with Crippen molar-refractivity contribution in [3.05, 3.63) is 65.5 Å². The van der Waals surface area contributed by atoms with Crippen molar-refractivity contribution >= 4 is 5.91 Å². The second kappa shape index (κ2) is 6.88. The van der Waals surface area contributed by atoms with E-state index in [4.69, 9.17) is 4.74 Å². The normalized spacial score (nSPS) is 11.8. The number of carbonyl (C=O) groups is 1.